The van der Waals surface area contributed by atoms with Crippen LogP contribution in [0.2, 0.25) is 0 Å². The summed E-state index contributed by atoms with van der Waals surface area (Å²) in [6.07, 6.45) is 0. The van der Waals surface area contributed by atoms with E-state index in [1.165, 1.54) is 0 Å². The molecule has 0 heterocycles. The second kappa shape index (κ2) is 5.41. The van der Waals surface area contributed by atoms with E-state index in [9.17, 15) is 14.5 Å². The highest BCUT2D eigenvalue weighted by Crippen LogP contribution is 2.27. The normalized spacial score (nSPS) is 12.2. The van der Waals surface area contributed by atoms with Crippen molar-refractivity contribution in [1.29, 1.82) is 0 Å². The average Bonchev–Trinajstić information content (AvgIpc) is 2.25. The van der Waals surface area contributed by atoms with Crippen LogP contribution < -0.4 is 10.5 Å². The van der Waals surface area contributed by atoms with Gasteiger partial charge in [0.05, 0.1) is 11.5 Å². The van der Waals surface area contributed by atoms with Crippen molar-refractivity contribution in [2.45, 2.75) is 6.92 Å². The molecule has 16 heavy (non-hydrogen) atoms. The summed E-state index contributed by atoms with van der Waals surface area (Å²) in [5, 5.41) is 10.6. The first-order chi connectivity index (χ1) is 7.54. The Kier molecular flexibility index (Phi) is 4.19. The molecule has 2 N–H and O–H groups in total. The fraction of sp³-hybridized carbons (Fsp3) is 0.400. The molecule has 1 rings (SSSR count). The summed E-state index contributed by atoms with van der Waals surface area (Å²) in [6, 6.07) is 3.11. The Labute approximate surface area is 92.2 Å². The number of nitrogens with zero attached hydrogens (tertiary/aromatic N) is 1. The van der Waals surface area contributed by atoms with Crippen molar-refractivity contribution in [3.63, 3.8) is 0 Å². The van der Waals surface area contributed by atoms with Crippen LogP contribution in [0, 0.1) is 21.8 Å². The summed E-state index contributed by atoms with van der Waals surface area (Å²) >= 11 is 0. The Morgan fingerprint density at radius 2 is 2.31 bits per heavy atom. The van der Waals surface area contributed by atoms with Crippen LogP contribution in [0.3, 0.4) is 0 Å². The number of hydrogen-bond donors (Lipinski definition) is 1. The largest absolute Gasteiger partial charge is 0.486 e. The molecule has 0 aliphatic carbocycles. The van der Waals surface area contributed by atoms with Gasteiger partial charge in [-0.15, -0.1) is 0 Å². The lowest BCUT2D eigenvalue weighted by Crippen LogP contribution is -2.18. The fourth-order valence-corrected chi connectivity index (χ4v) is 1.05. The van der Waals surface area contributed by atoms with Crippen LogP contribution in [0.1, 0.15) is 6.92 Å². The highest BCUT2D eigenvalue weighted by Gasteiger charge is 2.16. The zero-order valence-electron chi connectivity index (χ0n) is 8.85. The number of hydrogen-bond acceptors (Lipinski definition) is 4. The third kappa shape index (κ3) is 3.16. The molecule has 0 bridgehead atoms. The first-order valence-corrected chi connectivity index (χ1v) is 4.81. The van der Waals surface area contributed by atoms with Gasteiger partial charge in [0.1, 0.15) is 5.82 Å². The van der Waals surface area contributed by atoms with Crippen molar-refractivity contribution in [2.24, 2.45) is 11.7 Å². The maximum Gasteiger partial charge on any atom is 0.311 e. The molecule has 0 radical (unpaired) electrons. The molecule has 1 atom stereocenters. The van der Waals surface area contributed by atoms with Gasteiger partial charge < -0.3 is 10.5 Å². The van der Waals surface area contributed by atoms with Gasteiger partial charge in [-0.2, -0.15) is 0 Å². The predicted molar refractivity (Wildman–Crippen MR) is 56.8 cm³/mol. The Morgan fingerprint density at radius 1 is 1.62 bits per heavy atom. The Hall–Kier alpha value is -1.69. The van der Waals surface area contributed by atoms with Gasteiger partial charge in [-0.05, 0) is 12.6 Å². The van der Waals surface area contributed by atoms with Gasteiger partial charge in [-0.3, -0.25) is 10.1 Å². The van der Waals surface area contributed by atoms with Gasteiger partial charge in [0.15, 0.2) is 5.75 Å². The van der Waals surface area contributed by atoms with E-state index in [-0.39, 0.29) is 24.0 Å². The van der Waals surface area contributed by atoms with Gasteiger partial charge in [0.25, 0.3) is 0 Å². The molecule has 1 unspecified atom stereocenters. The molecule has 0 aromatic heterocycles. The van der Waals surface area contributed by atoms with Gasteiger partial charge in [0.2, 0.25) is 0 Å². The van der Waals surface area contributed by atoms with Crippen LogP contribution in [0.4, 0.5) is 10.1 Å². The summed E-state index contributed by atoms with van der Waals surface area (Å²) in [5.74, 6) is -0.575. The molecule has 88 valence electrons. The van der Waals surface area contributed by atoms with Crippen LogP contribution in [0.25, 0.3) is 0 Å². The van der Waals surface area contributed by atoms with E-state index in [1.807, 2.05) is 6.92 Å². The van der Waals surface area contributed by atoms with E-state index >= 15 is 0 Å². The minimum atomic E-state index is -0.609. The molecule has 0 amide bonds. The monoisotopic (exact) mass is 228 g/mol. The number of nitrogens with two attached hydrogens (primary N) is 1. The summed E-state index contributed by atoms with van der Waals surface area (Å²) in [7, 11) is 0. The van der Waals surface area contributed by atoms with E-state index in [4.69, 9.17) is 10.5 Å². The summed E-state index contributed by atoms with van der Waals surface area (Å²) < 4.78 is 18.1. The summed E-state index contributed by atoms with van der Waals surface area (Å²) in [5.41, 5.74) is 5.13. The zero-order chi connectivity index (χ0) is 12.1. The molecule has 6 heteroatoms. The lowest BCUT2D eigenvalue weighted by molar-refractivity contribution is -0.386. The van der Waals surface area contributed by atoms with Crippen molar-refractivity contribution in [3.8, 4) is 5.75 Å². The maximum absolute atomic E-state index is 12.9. The number of nitro groups is 1. The number of ether oxygens (including phenoxy) is 1. The van der Waals surface area contributed by atoms with E-state index in [1.54, 1.807) is 0 Å². The molecule has 0 aliphatic heterocycles. The zero-order valence-corrected chi connectivity index (χ0v) is 8.85. The van der Waals surface area contributed by atoms with Crippen LogP contribution in [0.5, 0.6) is 5.75 Å². The first-order valence-electron chi connectivity index (χ1n) is 4.81. The van der Waals surface area contributed by atoms with Crippen LogP contribution in [-0.2, 0) is 0 Å². The number of halogens is 1. The highest BCUT2D eigenvalue weighted by atomic mass is 19.1. The molecule has 1 aromatic rings. The number of rotatable bonds is 5. The molecule has 5 nitrogen and oxygen atoms in total. The van der Waals surface area contributed by atoms with Crippen LogP contribution in [-0.4, -0.2) is 18.1 Å². The van der Waals surface area contributed by atoms with Crippen molar-refractivity contribution < 1.29 is 14.1 Å². The Balaban J connectivity index is 2.84. The van der Waals surface area contributed by atoms with Crippen molar-refractivity contribution in [3.05, 3.63) is 34.1 Å². The van der Waals surface area contributed by atoms with Gasteiger partial charge in [-0.25, -0.2) is 4.39 Å². The molecule has 0 saturated heterocycles. The van der Waals surface area contributed by atoms with E-state index < -0.39 is 10.7 Å². The molecule has 0 aliphatic rings. The average molecular weight is 228 g/mol. The minimum absolute atomic E-state index is 0.0582. The number of nitro benzene ring substituents is 1. The third-order valence-electron chi connectivity index (χ3n) is 2.04. The van der Waals surface area contributed by atoms with Gasteiger partial charge >= 0.3 is 5.69 Å². The molecular formula is C10H13FN2O3. The molecule has 1 aromatic carbocycles. The summed E-state index contributed by atoms with van der Waals surface area (Å²) in [6.45, 7) is 2.47. The van der Waals surface area contributed by atoms with Gasteiger partial charge in [0, 0.05) is 18.1 Å². The topological polar surface area (TPSA) is 78.4 Å². The number of benzene rings is 1. The second-order valence-electron chi connectivity index (χ2n) is 3.52. The third-order valence-corrected chi connectivity index (χ3v) is 2.04. The highest BCUT2D eigenvalue weighted by molar-refractivity contribution is 5.46. The second-order valence-corrected chi connectivity index (χ2v) is 3.52. The molecule has 0 saturated carbocycles. The summed E-state index contributed by atoms with van der Waals surface area (Å²) in [4.78, 5) is 10.0. The first kappa shape index (κ1) is 12.4. The van der Waals surface area contributed by atoms with Crippen LogP contribution >= 0.6 is 0 Å². The Bertz CT molecular complexity index is 384. The molecule has 0 fully saturated rings. The standard InChI is InChI=1S/C10H13FN2O3/c1-7(5-12)6-16-10-4-8(11)2-3-9(10)13(14)15/h2-4,7H,5-6,12H2,1H3. The quantitative estimate of drug-likeness (QED) is 0.614. The lowest BCUT2D eigenvalue weighted by Gasteiger charge is -2.10. The van der Waals surface area contributed by atoms with E-state index in [0.29, 0.717) is 6.54 Å². The van der Waals surface area contributed by atoms with Crippen molar-refractivity contribution in [2.75, 3.05) is 13.2 Å². The lowest BCUT2D eigenvalue weighted by atomic mass is 10.2. The maximum atomic E-state index is 12.9. The van der Waals surface area contributed by atoms with E-state index in [2.05, 4.69) is 0 Å². The predicted octanol–water partition coefficient (Wildman–Crippen LogP) is 1.71. The van der Waals surface area contributed by atoms with Crippen LogP contribution in [0.15, 0.2) is 18.2 Å². The molecular weight excluding hydrogens is 215 g/mol. The van der Waals surface area contributed by atoms with Crippen molar-refractivity contribution in [1.82, 2.24) is 0 Å². The smallest absolute Gasteiger partial charge is 0.311 e. The Morgan fingerprint density at radius 3 is 2.88 bits per heavy atom. The van der Waals surface area contributed by atoms with Gasteiger partial charge in [-0.1, -0.05) is 6.92 Å². The minimum Gasteiger partial charge on any atom is -0.486 e. The molecule has 0 spiro atoms. The van der Waals surface area contributed by atoms with E-state index in [0.717, 1.165) is 18.2 Å². The SMILES string of the molecule is CC(CN)COc1cc(F)ccc1[N+](=O)[O-]. The fourth-order valence-electron chi connectivity index (χ4n) is 1.05. The van der Waals surface area contributed by atoms with Crippen molar-refractivity contribution >= 4 is 5.69 Å².